The predicted octanol–water partition coefficient (Wildman–Crippen LogP) is 4.57. The molecule has 0 saturated heterocycles. The predicted molar refractivity (Wildman–Crippen MR) is 119 cm³/mol. The molecule has 1 heterocycles. The van der Waals surface area contributed by atoms with Gasteiger partial charge in [-0.1, -0.05) is 60.3 Å². The molecule has 31 heavy (non-hydrogen) atoms. The quantitative estimate of drug-likeness (QED) is 0.261. The Balaban J connectivity index is 1.49. The fraction of sp³-hybridized carbons (Fsp3) is 0.0455. The molecule has 9 heteroatoms. The largest absolute Gasteiger partial charge is 0.325 e. The maximum Gasteiger partial charge on any atom is 0.269 e. The second-order valence-electron chi connectivity index (χ2n) is 6.47. The molecule has 4 rings (SSSR count). The Morgan fingerprint density at radius 1 is 0.968 bits per heavy atom. The van der Waals surface area contributed by atoms with Crippen LogP contribution >= 0.6 is 11.8 Å². The number of non-ortho nitro benzene ring substituents is 1. The molecule has 0 aliphatic heterocycles. The number of hydrogen-bond donors (Lipinski definition) is 1. The van der Waals surface area contributed by atoms with Gasteiger partial charge in [-0.25, -0.2) is 9.67 Å². The number of thioether (sulfide) groups is 1. The van der Waals surface area contributed by atoms with Crippen molar-refractivity contribution in [2.45, 2.75) is 5.16 Å². The lowest BCUT2D eigenvalue weighted by Crippen LogP contribution is -2.14. The minimum atomic E-state index is -0.486. The SMILES string of the molecule is O=C(CSc1nc(-c2ccccc2)n(-c2ccccc2)n1)Nc1ccc([N+](=O)[O-])cc1. The Labute approximate surface area is 182 Å². The van der Waals surface area contributed by atoms with Crippen molar-refractivity contribution in [3.8, 4) is 17.1 Å². The van der Waals surface area contributed by atoms with E-state index in [-0.39, 0.29) is 17.3 Å². The molecule has 0 bridgehead atoms. The molecule has 0 radical (unpaired) electrons. The van der Waals surface area contributed by atoms with Crippen LogP contribution in [0.5, 0.6) is 0 Å². The highest BCUT2D eigenvalue weighted by molar-refractivity contribution is 7.99. The van der Waals surface area contributed by atoms with Gasteiger partial charge in [0.1, 0.15) is 0 Å². The van der Waals surface area contributed by atoms with Gasteiger partial charge in [0.2, 0.25) is 11.1 Å². The van der Waals surface area contributed by atoms with E-state index in [9.17, 15) is 14.9 Å². The number of nitro groups is 1. The average Bonchev–Trinajstić information content (AvgIpc) is 3.24. The number of aromatic nitrogens is 3. The molecule has 1 amide bonds. The zero-order valence-electron chi connectivity index (χ0n) is 16.2. The molecular weight excluding hydrogens is 414 g/mol. The Bertz CT molecular complexity index is 1140. The molecule has 0 fully saturated rings. The zero-order valence-corrected chi connectivity index (χ0v) is 17.0. The van der Waals surface area contributed by atoms with E-state index < -0.39 is 4.92 Å². The van der Waals surface area contributed by atoms with E-state index >= 15 is 0 Å². The number of carbonyl (C=O) groups excluding carboxylic acids is 1. The van der Waals surface area contributed by atoms with Crippen LogP contribution in [-0.2, 0) is 4.79 Å². The summed E-state index contributed by atoms with van der Waals surface area (Å²) in [7, 11) is 0. The van der Waals surface area contributed by atoms with Gasteiger partial charge >= 0.3 is 0 Å². The summed E-state index contributed by atoms with van der Waals surface area (Å²) in [6, 6.07) is 25.1. The fourth-order valence-corrected chi connectivity index (χ4v) is 3.49. The van der Waals surface area contributed by atoms with Gasteiger partial charge in [0.25, 0.3) is 5.69 Å². The third-order valence-electron chi connectivity index (χ3n) is 4.31. The molecule has 4 aromatic rings. The molecule has 154 valence electrons. The van der Waals surface area contributed by atoms with Crippen molar-refractivity contribution in [3.05, 3.63) is 95.0 Å². The number of amides is 1. The number of rotatable bonds is 7. The van der Waals surface area contributed by atoms with E-state index in [0.29, 0.717) is 16.7 Å². The van der Waals surface area contributed by atoms with Gasteiger partial charge in [-0.3, -0.25) is 14.9 Å². The summed E-state index contributed by atoms with van der Waals surface area (Å²) in [4.78, 5) is 27.2. The van der Waals surface area contributed by atoms with E-state index in [0.717, 1.165) is 11.3 Å². The average molecular weight is 431 g/mol. The Morgan fingerprint density at radius 3 is 2.26 bits per heavy atom. The lowest BCUT2D eigenvalue weighted by molar-refractivity contribution is -0.384. The molecule has 1 aromatic heterocycles. The van der Waals surface area contributed by atoms with E-state index in [2.05, 4.69) is 15.4 Å². The fourth-order valence-electron chi connectivity index (χ4n) is 2.87. The van der Waals surface area contributed by atoms with Crippen LogP contribution < -0.4 is 5.32 Å². The topological polar surface area (TPSA) is 103 Å². The summed E-state index contributed by atoms with van der Waals surface area (Å²) in [5.41, 5.74) is 2.25. The molecule has 3 aromatic carbocycles. The van der Waals surface area contributed by atoms with E-state index in [1.807, 2.05) is 60.7 Å². The third-order valence-corrected chi connectivity index (χ3v) is 5.15. The van der Waals surface area contributed by atoms with Crippen molar-refractivity contribution in [2.24, 2.45) is 0 Å². The molecule has 0 unspecified atom stereocenters. The van der Waals surface area contributed by atoms with Gasteiger partial charge in [0.15, 0.2) is 5.82 Å². The first-order valence-electron chi connectivity index (χ1n) is 9.35. The second kappa shape index (κ2) is 9.23. The van der Waals surface area contributed by atoms with Crippen molar-refractivity contribution in [1.82, 2.24) is 14.8 Å². The first kappa shape index (κ1) is 20.3. The summed E-state index contributed by atoms with van der Waals surface area (Å²) in [6.45, 7) is 0. The number of benzene rings is 3. The summed E-state index contributed by atoms with van der Waals surface area (Å²) < 4.78 is 1.76. The summed E-state index contributed by atoms with van der Waals surface area (Å²) >= 11 is 1.22. The maximum atomic E-state index is 12.3. The highest BCUT2D eigenvalue weighted by Crippen LogP contribution is 2.25. The monoisotopic (exact) mass is 431 g/mol. The third kappa shape index (κ3) is 4.96. The second-order valence-corrected chi connectivity index (χ2v) is 7.41. The number of hydrogen-bond acceptors (Lipinski definition) is 6. The number of nitrogens with one attached hydrogen (secondary N) is 1. The molecule has 0 spiro atoms. The first-order valence-corrected chi connectivity index (χ1v) is 10.3. The standard InChI is InChI=1S/C22H17N5O3S/c28-20(23-17-11-13-19(14-12-17)27(29)30)15-31-22-24-21(16-7-3-1-4-8-16)26(25-22)18-9-5-2-6-10-18/h1-14H,15H2,(H,23,28). The summed E-state index contributed by atoms with van der Waals surface area (Å²) in [5.74, 6) is 0.533. The number of anilines is 1. The van der Waals surface area contributed by atoms with Gasteiger partial charge < -0.3 is 5.32 Å². The molecule has 0 atom stereocenters. The lowest BCUT2D eigenvalue weighted by atomic mass is 10.2. The Hall–Kier alpha value is -3.98. The summed E-state index contributed by atoms with van der Waals surface area (Å²) in [6.07, 6.45) is 0. The van der Waals surface area contributed by atoms with Crippen LogP contribution in [0.25, 0.3) is 17.1 Å². The van der Waals surface area contributed by atoms with Crippen LogP contribution in [0.2, 0.25) is 0 Å². The molecule has 0 aliphatic rings. The number of carbonyl (C=O) groups is 1. The van der Waals surface area contributed by atoms with Crippen molar-refractivity contribution >= 4 is 29.0 Å². The van der Waals surface area contributed by atoms with Crippen LogP contribution in [0, 0.1) is 10.1 Å². The minimum Gasteiger partial charge on any atom is -0.325 e. The normalized spacial score (nSPS) is 10.6. The van der Waals surface area contributed by atoms with Gasteiger partial charge in [-0.15, -0.1) is 5.10 Å². The molecule has 0 aliphatic carbocycles. The Morgan fingerprint density at radius 2 is 1.61 bits per heavy atom. The van der Waals surface area contributed by atoms with Crippen molar-refractivity contribution in [3.63, 3.8) is 0 Å². The smallest absolute Gasteiger partial charge is 0.269 e. The van der Waals surface area contributed by atoms with E-state index in [4.69, 9.17) is 0 Å². The zero-order chi connectivity index (χ0) is 21.6. The van der Waals surface area contributed by atoms with Gasteiger partial charge in [0, 0.05) is 23.4 Å². The molecule has 0 saturated carbocycles. The molecular formula is C22H17N5O3S. The van der Waals surface area contributed by atoms with E-state index in [1.54, 1.807) is 4.68 Å². The van der Waals surface area contributed by atoms with Crippen LogP contribution in [0.15, 0.2) is 90.1 Å². The van der Waals surface area contributed by atoms with Gasteiger partial charge in [-0.2, -0.15) is 0 Å². The van der Waals surface area contributed by atoms with Crippen LogP contribution in [0.1, 0.15) is 0 Å². The molecule has 1 N–H and O–H groups in total. The van der Waals surface area contributed by atoms with Crippen molar-refractivity contribution in [2.75, 3.05) is 11.1 Å². The van der Waals surface area contributed by atoms with Crippen molar-refractivity contribution < 1.29 is 9.72 Å². The van der Waals surface area contributed by atoms with Gasteiger partial charge in [-0.05, 0) is 24.3 Å². The number of nitrogens with zero attached hydrogens (tertiary/aromatic N) is 4. The number of para-hydroxylation sites is 1. The van der Waals surface area contributed by atoms with Gasteiger partial charge in [0.05, 0.1) is 16.4 Å². The highest BCUT2D eigenvalue weighted by atomic mass is 32.2. The first-order chi connectivity index (χ1) is 15.1. The minimum absolute atomic E-state index is 0.0310. The highest BCUT2D eigenvalue weighted by Gasteiger charge is 2.15. The lowest BCUT2D eigenvalue weighted by Gasteiger charge is -2.05. The van der Waals surface area contributed by atoms with Crippen LogP contribution in [-0.4, -0.2) is 31.3 Å². The van der Waals surface area contributed by atoms with Crippen LogP contribution in [0.3, 0.4) is 0 Å². The summed E-state index contributed by atoms with van der Waals surface area (Å²) in [5, 5.41) is 18.5. The molecule has 8 nitrogen and oxygen atoms in total. The van der Waals surface area contributed by atoms with Crippen LogP contribution in [0.4, 0.5) is 11.4 Å². The van der Waals surface area contributed by atoms with Crippen molar-refractivity contribution in [1.29, 1.82) is 0 Å². The number of nitro benzene ring substituents is 1. The maximum absolute atomic E-state index is 12.3. The Kier molecular flexibility index (Phi) is 6.04. The van der Waals surface area contributed by atoms with E-state index in [1.165, 1.54) is 36.0 Å².